The summed E-state index contributed by atoms with van der Waals surface area (Å²) in [6, 6.07) is 2.25. The molecule has 158 valence electrons. The Morgan fingerprint density at radius 1 is 1.24 bits per heavy atom. The standard InChI is InChI=1S/C28H41N/c1-18-11-13-27(5)22(15-18)16-21(4)26-24-10-9-23(20(3)8-7-19(2)17-29)28(24,6)14-12-25(26)27/h15,20-21,23-26H,1-2,7-14,16H2,3-6H3. The fourth-order valence-corrected chi connectivity index (χ4v) is 8.63. The Morgan fingerprint density at radius 2 is 2.00 bits per heavy atom. The Morgan fingerprint density at radius 3 is 2.72 bits per heavy atom. The van der Waals surface area contributed by atoms with Gasteiger partial charge in [0.05, 0.1) is 6.07 Å². The molecule has 0 aromatic heterocycles. The minimum absolute atomic E-state index is 0.425. The molecule has 4 aliphatic rings. The number of rotatable bonds is 4. The van der Waals surface area contributed by atoms with Crippen LogP contribution in [-0.2, 0) is 0 Å². The molecule has 3 saturated carbocycles. The van der Waals surface area contributed by atoms with E-state index in [4.69, 9.17) is 5.26 Å². The maximum Gasteiger partial charge on any atom is 0.0940 e. The van der Waals surface area contributed by atoms with E-state index in [9.17, 15) is 0 Å². The van der Waals surface area contributed by atoms with E-state index in [-0.39, 0.29) is 0 Å². The van der Waals surface area contributed by atoms with Gasteiger partial charge in [-0.05, 0) is 104 Å². The average Bonchev–Trinajstić information content (AvgIpc) is 3.04. The van der Waals surface area contributed by atoms with Gasteiger partial charge in [-0.1, -0.05) is 58.1 Å². The second-order valence-electron chi connectivity index (χ2n) is 11.7. The molecule has 8 unspecified atom stereocenters. The summed E-state index contributed by atoms with van der Waals surface area (Å²) in [6.45, 7) is 18.4. The third-order valence-electron chi connectivity index (χ3n) is 10.2. The van der Waals surface area contributed by atoms with Crippen molar-refractivity contribution in [3.05, 3.63) is 36.0 Å². The van der Waals surface area contributed by atoms with Gasteiger partial charge in [0.1, 0.15) is 0 Å². The molecule has 1 nitrogen and oxygen atoms in total. The SMILES string of the molecule is C=C(C#N)CCC(C)C1CCC2C3C(C)CC4=CC(=C)CCC4(C)C3CCC12C. The molecular formula is C28H41N. The van der Waals surface area contributed by atoms with E-state index < -0.39 is 0 Å². The second kappa shape index (κ2) is 7.44. The lowest BCUT2D eigenvalue weighted by molar-refractivity contribution is -0.0797. The van der Waals surface area contributed by atoms with E-state index in [1.54, 1.807) is 5.57 Å². The third kappa shape index (κ3) is 3.26. The normalized spacial score (nSPS) is 44.7. The first-order valence-electron chi connectivity index (χ1n) is 12.2. The Bertz CT molecular complexity index is 766. The number of nitrogens with zero attached hydrogens (tertiary/aromatic N) is 1. The second-order valence-corrected chi connectivity index (χ2v) is 11.7. The molecule has 0 aromatic carbocycles. The predicted octanol–water partition coefficient (Wildman–Crippen LogP) is 7.86. The van der Waals surface area contributed by atoms with Crippen LogP contribution in [0.3, 0.4) is 0 Å². The summed E-state index contributed by atoms with van der Waals surface area (Å²) < 4.78 is 0. The van der Waals surface area contributed by atoms with Crippen molar-refractivity contribution in [1.82, 2.24) is 0 Å². The topological polar surface area (TPSA) is 23.8 Å². The molecular weight excluding hydrogens is 350 g/mol. The van der Waals surface area contributed by atoms with Crippen LogP contribution in [0.25, 0.3) is 0 Å². The average molecular weight is 392 g/mol. The third-order valence-corrected chi connectivity index (χ3v) is 10.2. The first kappa shape index (κ1) is 21.0. The van der Waals surface area contributed by atoms with E-state index >= 15 is 0 Å². The van der Waals surface area contributed by atoms with Crippen LogP contribution in [0, 0.1) is 57.7 Å². The van der Waals surface area contributed by atoms with Crippen molar-refractivity contribution in [2.75, 3.05) is 0 Å². The highest BCUT2D eigenvalue weighted by Crippen LogP contribution is 2.69. The zero-order valence-corrected chi connectivity index (χ0v) is 19.3. The summed E-state index contributed by atoms with van der Waals surface area (Å²) in [5, 5.41) is 9.09. The highest BCUT2D eigenvalue weighted by Gasteiger charge is 2.60. The van der Waals surface area contributed by atoms with Crippen LogP contribution in [0.4, 0.5) is 0 Å². The molecule has 0 heterocycles. The number of nitriles is 1. The van der Waals surface area contributed by atoms with Crippen molar-refractivity contribution in [1.29, 1.82) is 5.26 Å². The van der Waals surface area contributed by atoms with Gasteiger partial charge in [0.25, 0.3) is 0 Å². The monoisotopic (exact) mass is 391 g/mol. The van der Waals surface area contributed by atoms with Crippen LogP contribution < -0.4 is 0 Å². The largest absolute Gasteiger partial charge is 0.193 e. The summed E-state index contributed by atoms with van der Waals surface area (Å²) in [7, 11) is 0. The molecule has 0 radical (unpaired) electrons. The van der Waals surface area contributed by atoms with Crippen molar-refractivity contribution in [2.45, 2.75) is 85.5 Å². The van der Waals surface area contributed by atoms with Gasteiger partial charge in [-0.15, -0.1) is 0 Å². The van der Waals surface area contributed by atoms with Crippen molar-refractivity contribution >= 4 is 0 Å². The Balaban J connectivity index is 1.57. The van der Waals surface area contributed by atoms with Gasteiger partial charge in [0.2, 0.25) is 0 Å². The zero-order chi connectivity index (χ0) is 21.0. The molecule has 3 fully saturated rings. The summed E-state index contributed by atoms with van der Waals surface area (Å²) in [6.07, 6.45) is 14.0. The van der Waals surface area contributed by atoms with E-state index in [1.165, 1.54) is 50.5 Å². The minimum Gasteiger partial charge on any atom is -0.193 e. The molecule has 29 heavy (non-hydrogen) atoms. The predicted molar refractivity (Wildman–Crippen MR) is 122 cm³/mol. The van der Waals surface area contributed by atoms with Gasteiger partial charge in [0.15, 0.2) is 0 Å². The van der Waals surface area contributed by atoms with Gasteiger partial charge >= 0.3 is 0 Å². The van der Waals surface area contributed by atoms with Gasteiger partial charge in [-0.2, -0.15) is 5.26 Å². The van der Waals surface area contributed by atoms with Gasteiger partial charge in [-0.3, -0.25) is 0 Å². The van der Waals surface area contributed by atoms with Gasteiger partial charge < -0.3 is 0 Å². The smallest absolute Gasteiger partial charge is 0.0940 e. The molecule has 0 bridgehead atoms. The Labute approximate surface area is 179 Å². The minimum atomic E-state index is 0.425. The molecule has 4 rings (SSSR count). The summed E-state index contributed by atoms with van der Waals surface area (Å²) in [4.78, 5) is 0. The maximum atomic E-state index is 9.09. The highest BCUT2D eigenvalue weighted by atomic mass is 14.6. The lowest BCUT2D eigenvalue weighted by Gasteiger charge is -2.60. The molecule has 1 heteroatoms. The first-order chi connectivity index (χ1) is 13.7. The number of hydrogen-bond acceptors (Lipinski definition) is 1. The fraction of sp³-hybridized carbons (Fsp3) is 0.750. The lowest BCUT2D eigenvalue weighted by atomic mass is 9.44. The quantitative estimate of drug-likeness (QED) is 0.447. The van der Waals surface area contributed by atoms with Crippen molar-refractivity contribution < 1.29 is 0 Å². The molecule has 0 aromatic rings. The molecule has 0 amide bonds. The summed E-state index contributed by atoms with van der Waals surface area (Å²) in [5.74, 6) is 5.00. The highest BCUT2D eigenvalue weighted by molar-refractivity contribution is 5.34. The zero-order valence-electron chi connectivity index (χ0n) is 19.3. The lowest BCUT2D eigenvalue weighted by Crippen LogP contribution is -2.53. The van der Waals surface area contributed by atoms with E-state index in [0.717, 1.165) is 48.0 Å². The van der Waals surface area contributed by atoms with Crippen molar-refractivity contribution in [2.24, 2.45) is 46.3 Å². The Hall–Kier alpha value is -1.29. The van der Waals surface area contributed by atoms with Crippen LogP contribution in [0.15, 0.2) is 36.0 Å². The first-order valence-corrected chi connectivity index (χ1v) is 12.2. The van der Waals surface area contributed by atoms with E-state index in [1.807, 2.05) is 0 Å². The Kier molecular flexibility index (Phi) is 5.38. The number of fused-ring (bicyclic) bond motifs is 5. The van der Waals surface area contributed by atoms with E-state index in [2.05, 4.69) is 53.0 Å². The van der Waals surface area contributed by atoms with Gasteiger partial charge in [0, 0.05) is 5.57 Å². The van der Waals surface area contributed by atoms with Crippen molar-refractivity contribution in [3.8, 4) is 6.07 Å². The molecule has 0 N–H and O–H groups in total. The van der Waals surface area contributed by atoms with Crippen molar-refractivity contribution in [3.63, 3.8) is 0 Å². The molecule has 0 saturated heterocycles. The maximum absolute atomic E-state index is 9.09. The van der Waals surface area contributed by atoms with Crippen LogP contribution >= 0.6 is 0 Å². The van der Waals surface area contributed by atoms with Crippen LogP contribution in [-0.4, -0.2) is 0 Å². The number of hydrogen-bond donors (Lipinski definition) is 0. The number of allylic oxidation sites excluding steroid dienone is 4. The summed E-state index contributed by atoms with van der Waals surface area (Å²) in [5.41, 5.74) is 4.76. The van der Waals surface area contributed by atoms with Crippen LogP contribution in [0.1, 0.15) is 85.5 Å². The van der Waals surface area contributed by atoms with Crippen LogP contribution in [0.2, 0.25) is 0 Å². The molecule has 0 spiro atoms. The molecule has 8 atom stereocenters. The van der Waals surface area contributed by atoms with Gasteiger partial charge in [-0.25, -0.2) is 0 Å². The summed E-state index contributed by atoms with van der Waals surface area (Å²) >= 11 is 0. The van der Waals surface area contributed by atoms with E-state index in [0.29, 0.717) is 16.7 Å². The molecule has 4 aliphatic carbocycles. The fourth-order valence-electron chi connectivity index (χ4n) is 8.63. The van der Waals surface area contributed by atoms with Crippen LogP contribution in [0.5, 0.6) is 0 Å². The molecule has 0 aliphatic heterocycles.